The number of aromatic nitrogens is 4. The molecule has 0 saturated heterocycles. The molecule has 7 heteroatoms. The van der Waals surface area contributed by atoms with Gasteiger partial charge in [0.25, 0.3) is 0 Å². The van der Waals surface area contributed by atoms with Crippen LogP contribution in [0, 0.1) is 0 Å². The maximum atomic E-state index is 11.6. The third-order valence-electron chi connectivity index (χ3n) is 2.44. The van der Waals surface area contributed by atoms with E-state index in [0.717, 1.165) is 11.4 Å². The molecule has 1 aromatic heterocycles. The second-order valence-electron chi connectivity index (χ2n) is 4.39. The summed E-state index contributed by atoms with van der Waals surface area (Å²) in [6, 6.07) is 7.58. The van der Waals surface area contributed by atoms with Crippen LogP contribution in [0.1, 0.15) is 13.8 Å². The lowest BCUT2D eigenvalue weighted by Crippen LogP contribution is -2.32. The first-order valence-corrected chi connectivity index (χ1v) is 6.02. The van der Waals surface area contributed by atoms with Gasteiger partial charge in [-0.15, -0.1) is 5.10 Å². The molecular formula is C12H16N6O. The highest BCUT2D eigenvalue weighted by Crippen LogP contribution is 2.11. The van der Waals surface area contributed by atoms with Gasteiger partial charge in [-0.1, -0.05) is 13.8 Å². The molecule has 0 aliphatic rings. The minimum absolute atomic E-state index is 0.0659. The van der Waals surface area contributed by atoms with Crippen LogP contribution in [0.2, 0.25) is 0 Å². The fourth-order valence-electron chi connectivity index (χ4n) is 1.48. The van der Waals surface area contributed by atoms with Gasteiger partial charge in [-0.25, -0.2) is 4.68 Å². The lowest BCUT2D eigenvalue weighted by Gasteiger charge is -2.09. The van der Waals surface area contributed by atoms with Gasteiger partial charge < -0.3 is 10.6 Å². The van der Waals surface area contributed by atoms with Crippen LogP contribution in [0.5, 0.6) is 0 Å². The summed E-state index contributed by atoms with van der Waals surface area (Å²) in [5, 5.41) is 16.8. The van der Waals surface area contributed by atoms with Crippen LogP contribution in [-0.2, 0) is 4.79 Å². The maximum absolute atomic E-state index is 11.6. The van der Waals surface area contributed by atoms with Crippen LogP contribution in [0.15, 0.2) is 30.6 Å². The number of benzene rings is 1. The molecule has 0 radical (unpaired) electrons. The second-order valence-corrected chi connectivity index (χ2v) is 4.39. The van der Waals surface area contributed by atoms with E-state index >= 15 is 0 Å². The van der Waals surface area contributed by atoms with E-state index < -0.39 is 0 Å². The molecule has 0 unspecified atom stereocenters. The third kappa shape index (κ3) is 3.85. The number of rotatable bonds is 5. The smallest absolute Gasteiger partial charge is 0.238 e. The van der Waals surface area contributed by atoms with E-state index in [4.69, 9.17) is 0 Å². The first kappa shape index (κ1) is 13.2. The molecule has 19 heavy (non-hydrogen) atoms. The molecule has 1 heterocycles. The molecule has 100 valence electrons. The maximum Gasteiger partial charge on any atom is 0.238 e. The van der Waals surface area contributed by atoms with Gasteiger partial charge in [-0.05, 0) is 34.7 Å². The Morgan fingerprint density at radius 2 is 2.05 bits per heavy atom. The molecular weight excluding hydrogens is 244 g/mol. The topological polar surface area (TPSA) is 84.7 Å². The Morgan fingerprint density at radius 3 is 2.63 bits per heavy atom. The van der Waals surface area contributed by atoms with E-state index in [1.54, 1.807) is 4.68 Å². The summed E-state index contributed by atoms with van der Waals surface area (Å²) in [6.07, 6.45) is 1.51. The standard InChI is InChI=1S/C12H16N6O/c1-9(2)13-7-12(19)15-10-3-5-11(6-4-10)18-8-14-16-17-18/h3-6,8-9,13H,7H2,1-2H3,(H,15,19). The molecule has 0 aliphatic carbocycles. The Labute approximate surface area is 111 Å². The molecule has 0 fully saturated rings. The summed E-state index contributed by atoms with van der Waals surface area (Å²) in [4.78, 5) is 11.6. The normalized spacial score (nSPS) is 10.7. The fraction of sp³-hybridized carbons (Fsp3) is 0.333. The minimum atomic E-state index is -0.0659. The van der Waals surface area contributed by atoms with E-state index in [0.29, 0.717) is 6.54 Å². The molecule has 2 N–H and O–H groups in total. The van der Waals surface area contributed by atoms with Gasteiger partial charge >= 0.3 is 0 Å². The zero-order chi connectivity index (χ0) is 13.7. The Morgan fingerprint density at radius 1 is 1.32 bits per heavy atom. The summed E-state index contributed by atoms with van der Waals surface area (Å²) < 4.78 is 1.55. The molecule has 0 atom stereocenters. The molecule has 0 aliphatic heterocycles. The highest BCUT2D eigenvalue weighted by Gasteiger charge is 2.03. The van der Waals surface area contributed by atoms with E-state index in [9.17, 15) is 4.79 Å². The summed E-state index contributed by atoms with van der Waals surface area (Å²) in [5.74, 6) is -0.0659. The van der Waals surface area contributed by atoms with Crippen molar-refractivity contribution >= 4 is 11.6 Å². The number of anilines is 1. The van der Waals surface area contributed by atoms with E-state index in [2.05, 4.69) is 26.2 Å². The Hall–Kier alpha value is -2.28. The average molecular weight is 260 g/mol. The third-order valence-corrected chi connectivity index (χ3v) is 2.44. The van der Waals surface area contributed by atoms with Gasteiger partial charge in [0.1, 0.15) is 6.33 Å². The molecule has 0 saturated carbocycles. The zero-order valence-corrected chi connectivity index (χ0v) is 10.9. The monoisotopic (exact) mass is 260 g/mol. The van der Waals surface area contributed by atoms with Crippen LogP contribution in [-0.4, -0.2) is 38.7 Å². The number of amides is 1. The zero-order valence-electron chi connectivity index (χ0n) is 10.9. The molecule has 1 aromatic carbocycles. The highest BCUT2D eigenvalue weighted by atomic mass is 16.1. The summed E-state index contributed by atoms with van der Waals surface area (Å²) in [7, 11) is 0. The van der Waals surface area contributed by atoms with Gasteiger partial charge in [0.2, 0.25) is 5.91 Å². The van der Waals surface area contributed by atoms with Crippen LogP contribution >= 0.6 is 0 Å². The van der Waals surface area contributed by atoms with Crippen molar-refractivity contribution in [3.8, 4) is 5.69 Å². The number of carbonyl (C=O) groups excluding carboxylic acids is 1. The first-order valence-electron chi connectivity index (χ1n) is 6.02. The van der Waals surface area contributed by atoms with Crippen molar-refractivity contribution in [1.82, 2.24) is 25.5 Å². The van der Waals surface area contributed by atoms with Crippen LogP contribution in [0.4, 0.5) is 5.69 Å². The molecule has 7 nitrogen and oxygen atoms in total. The number of nitrogens with zero attached hydrogens (tertiary/aromatic N) is 4. The van der Waals surface area contributed by atoms with E-state index in [1.807, 2.05) is 38.1 Å². The lowest BCUT2D eigenvalue weighted by atomic mass is 10.3. The summed E-state index contributed by atoms with van der Waals surface area (Å²) in [6.45, 7) is 4.29. The average Bonchev–Trinajstić information content (AvgIpc) is 2.91. The number of hydrogen-bond donors (Lipinski definition) is 2. The predicted octanol–water partition coefficient (Wildman–Crippen LogP) is 0.599. The van der Waals surface area contributed by atoms with Crippen molar-refractivity contribution in [1.29, 1.82) is 0 Å². The quantitative estimate of drug-likeness (QED) is 0.822. The molecule has 0 bridgehead atoms. The van der Waals surface area contributed by atoms with Gasteiger partial charge in [0, 0.05) is 11.7 Å². The molecule has 0 spiro atoms. The first-order chi connectivity index (χ1) is 9.15. The SMILES string of the molecule is CC(C)NCC(=O)Nc1ccc(-n2cnnn2)cc1. The number of hydrogen-bond acceptors (Lipinski definition) is 5. The number of tetrazole rings is 1. The van der Waals surface area contributed by atoms with Gasteiger partial charge in [0.05, 0.1) is 12.2 Å². The van der Waals surface area contributed by atoms with Crippen molar-refractivity contribution in [3.05, 3.63) is 30.6 Å². The molecule has 2 aromatic rings. The Bertz CT molecular complexity index is 520. The second kappa shape index (κ2) is 6.05. The Kier molecular flexibility index (Phi) is 4.19. The van der Waals surface area contributed by atoms with E-state index in [-0.39, 0.29) is 11.9 Å². The van der Waals surface area contributed by atoms with Crippen molar-refractivity contribution in [2.24, 2.45) is 0 Å². The Balaban J connectivity index is 1.94. The minimum Gasteiger partial charge on any atom is -0.325 e. The molecule has 1 amide bonds. The van der Waals surface area contributed by atoms with Crippen molar-refractivity contribution in [3.63, 3.8) is 0 Å². The van der Waals surface area contributed by atoms with Gasteiger partial charge in [-0.2, -0.15) is 0 Å². The molecule has 2 rings (SSSR count). The van der Waals surface area contributed by atoms with Crippen molar-refractivity contribution in [2.45, 2.75) is 19.9 Å². The van der Waals surface area contributed by atoms with E-state index in [1.165, 1.54) is 6.33 Å². The van der Waals surface area contributed by atoms with Gasteiger partial charge in [0.15, 0.2) is 0 Å². The van der Waals surface area contributed by atoms with Crippen LogP contribution in [0.3, 0.4) is 0 Å². The number of nitrogens with one attached hydrogen (secondary N) is 2. The van der Waals surface area contributed by atoms with Crippen LogP contribution < -0.4 is 10.6 Å². The van der Waals surface area contributed by atoms with Gasteiger partial charge in [-0.3, -0.25) is 4.79 Å². The highest BCUT2D eigenvalue weighted by molar-refractivity contribution is 5.92. The number of carbonyl (C=O) groups is 1. The summed E-state index contributed by atoms with van der Waals surface area (Å²) >= 11 is 0. The predicted molar refractivity (Wildman–Crippen MR) is 70.9 cm³/mol. The fourth-order valence-corrected chi connectivity index (χ4v) is 1.48. The summed E-state index contributed by atoms with van der Waals surface area (Å²) in [5.41, 5.74) is 1.58. The van der Waals surface area contributed by atoms with Crippen molar-refractivity contribution < 1.29 is 4.79 Å². The van der Waals surface area contributed by atoms with Crippen molar-refractivity contribution in [2.75, 3.05) is 11.9 Å². The van der Waals surface area contributed by atoms with Crippen LogP contribution in [0.25, 0.3) is 5.69 Å². The largest absolute Gasteiger partial charge is 0.325 e. The lowest BCUT2D eigenvalue weighted by molar-refractivity contribution is -0.115.